The highest BCUT2D eigenvalue weighted by Gasteiger charge is 2.28. The second kappa shape index (κ2) is 6.93. The predicted octanol–water partition coefficient (Wildman–Crippen LogP) is 3.65. The molecular formula is C20H22ClN5O. The molecule has 140 valence electrons. The number of aromatic nitrogens is 4. The summed E-state index contributed by atoms with van der Waals surface area (Å²) in [7, 11) is 1.87. The summed E-state index contributed by atoms with van der Waals surface area (Å²) in [6, 6.07) is 5.95. The van der Waals surface area contributed by atoms with E-state index in [1.807, 2.05) is 37.9 Å². The number of likely N-dealkylation sites (tertiary alicyclic amines) is 1. The van der Waals surface area contributed by atoms with Crippen LogP contribution in [0.4, 0.5) is 0 Å². The predicted molar refractivity (Wildman–Crippen MR) is 105 cm³/mol. The smallest absolute Gasteiger partial charge is 0.257 e. The van der Waals surface area contributed by atoms with Crippen molar-refractivity contribution in [3.05, 3.63) is 52.1 Å². The number of piperidine rings is 1. The molecule has 27 heavy (non-hydrogen) atoms. The van der Waals surface area contributed by atoms with Gasteiger partial charge in [0.25, 0.3) is 5.91 Å². The highest BCUT2D eigenvalue weighted by Crippen LogP contribution is 2.29. The first kappa shape index (κ1) is 17.9. The minimum Gasteiger partial charge on any atom is -0.338 e. The molecule has 4 rings (SSSR count). The topological polar surface area (TPSA) is 63.9 Å². The summed E-state index contributed by atoms with van der Waals surface area (Å²) in [4.78, 5) is 23.9. The Balaban J connectivity index is 1.49. The number of halogens is 1. The van der Waals surface area contributed by atoms with E-state index in [9.17, 15) is 4.79 Å². The average molecular weight is 384 g/mol. The molecule has 1 fully saturated rings. The van der Waals surface area contributed by atoms with E-state index in [4.69, 9.17) is 16.6 Å². The number of carbonyl (C=O) groups is 1. The van der Waals surface area contributed by atoms with E-state index in [-0.39, 0.29) is 5.91 Å². The van der Waals surface area contributed by atoms with Gasteiger partial charge in [-0.3, -0.25) is 9.48 Å². The Morgan fingerprint density at radius 1 is 1.22 bits per heavy atom. The van der Waals surface area contributed by atoms with Crippen molar-refractivity contribution in [3.63, 3.8) is 0 Å². The fourth-order valence-corrected chi connectivity index (χ4v) is 4.01. The van der Waals surface area contributed by atoms with Gasteiger partial charge in [-0.25, -0.2) is 9.97 Å². The zero-order valence-electron chi connectivity index (χ0n) is 15.7. The van der Waals surface area contributed by atoms with Crippen molar-refractivity contribution in [2.75, 3.05) is 13.1 Å². The Kier molecular flexibility index (Phi) is 4.60. The van der Waals surface area contributed by atoms with Gasteiger partial charge >= 0.3 is 0 Å². The first-order chi connectivity index (χ1) is 12.9. The van der Waals surface area contributed by atoms with Gasteiger partial charge in [0.05, 0.1) is 16.3 Å². The largest absolute Gasteiger partial charge is 0.338 e. The van der Waals surface area contributed by atoms with Crippen LogP contribution in [-0.2, 0) is 7.05 Å². The van der Waals surface area contributed by atoms with Gasteiger partial charge in [0, 0.05) is 49.0 Å². The zero-order chi connectivity index (χ0) is 19.1. The molecule has 0 saturated carbocycles. The Morgan fingerprint density at radius 3 is 2.63 bits per heavy atom. The lowest BCUT2D eigenvalue weighted by molar-refractivity contribution is 0.0710. The standard InChI is InChI=1S/C20H22ClN5O/c1-12-18(13(2)25(3)24-12)20(27)26-8-6-14(7-9-26)17-5-4-15-10-16(21)11-22-19(15)23-17/h4-5,10-11,14H,6-9H2,1-3H3. The Labute approximate surface area is 163 Å². The summed E-state index contributed by atoms with van der Waals surface area (Å²) < 4.78 is 1.77. The van der Waals surface area contributed by atoms with Crippen LogP contribution in [0.1, 0.15) is 46.2 Å². The van der Waals surface area contributed by atoms with Gasteiger partial charge < -0.3 is 4.90 Å². The molecule has 0 aliphatic carbocycles. The maximum absolute atomic E-state index is 12.9. The molecule has 7 heteroatoms. The van der Waals surface area contributed by atoms with Gasteiger partial charge in [0.2, 0.25) is 0 Å². The molecule has 1 saturated heterocycles. The van der Waals surface area contributed by atoms with E-state index in [2.05, 4.69) is 16.1 Å². The minimum absolute atomic E-state index is 0.0827. The summed E-state index contributed by atoms with van der Waals surface area (Å²) in [6.45, 7) is 5.29. The first-order valence-corrected chi connectivity index (χ1v) is 9.53. The van der Waals surface area contributed by atoms with Gasteiger partial charge in [-0.05, 0) is 44.9 Å². The van der Waals surface area contributed by atoms with Crippen LogP contribution in [0, 0.1) is 13.8 Å². The highest BCUT2D eigenvalue weighted by molar-refractivity contribution is 6.31. The third kappa shape index (κ3) is 3.30. The molecule has 1 aliphatic rings. The maximum atomic E-state index is 12.9. The van der Waals surface area contributed by atoms with Crippen molar-refractivity contribution in [3.8, 4) is 0 Å². The van der Waals surface area contributed by atoms with Crippen LogP contribution >= 0.6 is 11.6 Å². The summed E-state index contributed by atoms with van der Waals surface area (Å²) >= 11 is 5.99. The number of hydrogen-bond acceptors (Lipinski definition) is 4. The van der Waals surface area contributed by atoms with Crippen molar-refractivity contribution in [1.82, 2.24) is 24.6 Å². The van der Waals surface area contributed by atoms with Crippen molar-refractivity contribution < 1.29 is 4.79 Å². The molecule has 3 aromatic heterocycles. The molecule has 0 unspecified atom stereocenters. The third-order valence-electron chi connectivity index (χ3n) is 5.45. The summed E-state index contributed by atoms with van der Waals surface area (Å²) in [6.07, 6.45) is 3.42. The first-order valence-electron chi connectivity index (χ1n) is 9.15. The summed E-state index contributed by atoms with van der Waals surface area (Å²) in [5.74, 6) is 0.423. The molecule has 0 radical (unpaired) electrons. The third-order valence-corrected chi connectivity index (χ3v) is 5.66. The van der Waals surface area contributed by atoms with E-state index >= 15 is 0 Å². The quantitative estimate of drug-likeness (QED) is 0.677. The Bertz CT molecular complexity index is 1020. The van der Waals surface area contributed by atoms with Gasteiger partial charge in [-0.2, -0.15) is 5.10 Å². The average Bonchev–Trinajstić information content (AvgIpc) is 2.92. The highest BCUT2D eigenvalue weighted by atomic mass is 35.5. The Hall–Kier alpha value is -2.47. The van der Waals surface area contributed by atoms with Crippen molar-refractivity contribution in [2.24, 2.45) is 7.05 Å². The monoisotopic (exact) mass is 383 g/mol. The van der Waals surface area contributed by atoms with E-state index in [0.717, 1.165) is 59.6 Å². The normalized spacial score (nSPS) is 15.5. The van der Waals surface area contributed by atoms with E-state index in [1.54, 1.807) is 10.9 Å². The lowest BCUT2D eigenvalue weighted by atomic mass is 9.92. The summed E-state index contributed by atoms with van der Waals surface area (Å²) in [5.41, 5.74) is 4.21. The second-order valence-corrected chi connectivity index (χ2v) is 7.61. The van der Waals surface area contributed by atoms with Crippen molar-refractivity contribution in [1.29, 1.82) is 0 Å². The van der Waals surface area contributed by atoms with Gasteiger partial charge in [0.1, 0.15) is 0 Å². The molecular weight excluding hydrogens is 362 g/mol. The number of rotatable bonds is 2. The number of carbonyl (C=O) groups excluding carboxylic acids is 1. The second-order valence-electron chi connectivity index (χ2n) is 7.17. The lowest BCUT2D eigenvalue weighted by Crippen LogP contribution is -2.38. The number of pyridine rings is 2. The molecule has 0 bridgehead atoms. The van der Waals surface area contributed by atoms with Crippen LogP contribution in [0.3, 0.4) is 0 Å². The van der Waals surface area contributed by atoms with Crippen LogP contribution in [0.15, 0.2) is 24.4 Å². The molecule has 0 aromatic carbocycles. The van der Waals surface area contributed by atoms with Gasteiger partial charge in [-0.1, -0.05) is 11.6 Å². The van der Waals surface area contributed by atoms with Crippen LogP contribution in [0.25, 0.3) is 11.0 Å². The molecule has 0 spiro atoms. The van der Waals surface area contributed by atoms with Crippen molar-refractivity contribution >= 4 is 28.5 Å². The maximum Gasteiger partial charge on any atom is 0.257 e. The molecule has 6 nitrogen and oxygen atoms in total. The fourth-order valence-electron chi connectivity index (χ4n) is 3.85. The van der Waals surface area contributed by atoms with Crippen molar-refractivity contribution in [2.45, 2.75) is 32.6 Å². The molecule has 3 aromatic rings. The van der Waals surface area contributed by atoms with Crippen LogP contribution in [-0.4, -0.2) is 43.6 Å². The molecule has 0 N–H and O–H groups in total. The molecule has 0 atom stereocenters. The summed E-state index contributed by atoms with van der Waals surface area (Å²) in [5, 5.41) is 5.93. The van der Waals surface area contributed by atoms with E-state index < -0.39 is 0 Å². The SMILES string of the molecule is Cc1nn(C)c(C)c1C(=O)N1CCC(c2ccc3cc(Cl)cnc3n2)CC1. The van der Waals surface area contributed by atoms with Gasteiger partial charge in [0.15, 0.2) is 5.65 Å². The van der Waals surface area contributed by atoms with Gasteiger partial charge in [-0.15, -0.1) is 0 Å². The number of nitrogens with zero attached hydrogens (tertiary/aromatic N) is 5. The molecule has 1 aliphatic heterocycles. The van der Waals surface area contributed by atoms with E-state index in [0.29, 0.717) is 10.9 Å². The van der Waals surface area contributed by atoms with Crippen LogP contribution in [0.2, 0.25) is 5.02 Å². The number of hydrogen-bond donors (Lipinski definition) is 0. The molecule has 4 heterocycles. The molecule has 1 amide bonds. The zero-order valence-corrected chi connectivity index (χ0v) is 16.5. The number of fused-ring (bicyclic) bond motifs is 1. The lowest BCUT2D eigenvalue weighted by Gasteiger charge is -2.32. The fraction of sp³-hybridized carbons (Fsp3) is 0.400. The van der Waals surface area contributed by atoms with Crippen LogP contribution < -0.4 is 0 Å². The number of amides is 1. The Morgan fingerprint density at radius 2 is 1.96 bits per heavy atom. The minimum atomic E-state index is 0.0827. The number of aryl methyl sites for hydroxylation is 2. The van der Waals surface area contributed by atoms with Crippen LogP contribution in [0.5, 0.6) is 0 Å². The van der Waals surface area contributed by atoms with E-state index in [1.165, 1.54) is 0 Å².